The molecule has 1 fully saturated rings. The number of hydrogen-bond donors (Lipinski definition) is 1. The third-order valence-electron chi connectivity index (χ3n) is 8.35. The molecule has 0 aromatic heterocycles. The number of nitrogens with zero attached hydrogens (tertiary/aromatic N) is 2. The summed E-state index contributed by atoms with van der Waals surface area (Å²) in [5, 5.41) is 10.1. The number of aryl methyl sites for hydroxylation is 1. The maximum absolute atomic E-state index is 12.2. The molecule has 0 radical (unpaired) electrons. The minimum absolute atomic E-state index is 0.157. The molecule has 3 unspecified atom stereocenters. The fourth-order valence-corrected chi connectivity index (χ4v) is 6.29. The van der Waals surface area contributed by atoms with Gasteiger partial charge in [0.2, 0.25) is 0 Å². The van der Waals surface area contributed by atoms with Crippen molar-refractivity contribution in [3.63, 3.8) is 0 Å². The van der Waals surface area contributed by atoms with Gasteiger partial charge in [0.15, 0.2) is 0 Å². The van der Waals surface area contributed by atoms with Crippen LogP contribution in [-0.2, 0) is 16.0 Å². The van der Waals surface area contributed by atoms with Crippen LogP contribution in [0.15, 0.2) is 72.8 Å². The summed E-state index contributed by atoms with van der Waals surface area (Å²) in [5.74, 6) is 1.67. The third-order valence-corrected chi connectivity index (χ3v) is 8.35. The summed E-state index contributed by atoms with van der Waals surface area (Å²) in [7, 11) is 0. The Kier molecular flexibility index (Phi) is 11.3. The molecule has 1 heterocycles. The Balaban J connectivity index is 0.00000207. The third kappa shape index (κ3) is 8.84. The molecule has 0 amide bonds. The first kappa shape index (κ1) is 32.6. The molecule has 6 nitrogen and oxygen atoms in total. The van der Waals surface area contributed by atoms with E-state index in [0.717, 1.165) is 44.8 Å². The van der Waals surface area contributed by atoms with Gasteiger partial charge < -0.3 is 14.6 Å². The van der Waals surface area contributed by atoms with Crippen LogP contribution in [0, 0.1) is 0 Å². The van der Waals surface area contributed by atoms with Crippen LogP contribution in [0.4, 0.5) is 0 Å². The van der Waals surface area contributed by atoms with Crippen molar-refractivity contribution in [2.45, 2.75) is 77.9 Å². The normalized spacial score (nSPS) is 19.9. The quantitative estimate of drug-likeness (QED) is 0.287. The average molecular weight is 587 g/mol. The Morgan fingerprint density at radius 3 is 2.26 bits per heavy atom. The van der Waals surface area contributed by atoms with Gasteiger partial charge in [0.1, 0.15) is 23.7 Å². The number of piperazine rings is 1. The van der Waals surface area contributed by atoms with Gasteiger partial charge in [-0.25, -0.2) is 0 Å². The lowest BCUT2D eigenvalue weighted by Gasteiger charge is -2.37. The van der Waals surface area contributed by atoms with Crippen LogP contribution >= 0.6 is 0 Å². The smallest absolute Gasteiger partial charge is 0.320 e. The second-order valence-electron chi connectivity index (χ2n) is 12.5. The van der Waals surface area contributed by atoms with Crippen molar-refractivity contribution in [2.24, 2.45) is 0 Å². The van der Waals surface area contributed by atoms with Gasteiger partial charge in [-0.05, 0) is 93.0 Å². The highest BCUT2D eigenvalue weighted by molar-refractivity contribution is 5.72. The first-order valence-corrected chi connectivity index (χ1v) is 15.9. The Bertz CT molecular complexity index is 1290. The zero-order chi connectivity index (χ0) is 31.0. The van der Waals surface area contributed by atoms with E-state index in [1.807, 2.05) is 46.8 Å². The lowest BCUT2D eigenvalue weighted by atomic mass is 9.69. The Morgan fingerprint density at radius 1 is 0.930 bits per heavy atom. The number of fused-ring (bicyclic) bond motifs is 1. The molecule has 0 spiro atoms. The van der Waals surface area contributed by atoms with Crippen molar-refractivity contribution >= 4 is 5.97 Å². The van der Waals surface area contributed by atoms with Gasteiger partial charge in [-0.15, -0.1) is 0 Å². The molecule has 1 saturated heterocycles. The Hall–Kier alpha value is -3.35. The summed E-state index contributed by atoms with van der Waals surface area (Å²) in [6, 6.07) is 25.5. The highest BCUT2D eigenvalue weighted by Crippen LogP contribution is 2.47. The molecule has 3 atom stereocenters. The van der Waals surface area contributed by atoms with E-state index in [2.05, 4.69) is 77.4 Å². The summed E-state index contributed by atoms with van der Waals surface area (Å²) in [6.45, 7) is 16.4. The van der Waals surface area contributed by atoms with E-state index in [4.69, 9.17) is 9.47 Å². The van der Waals surface area contributed by atoms with Gasteiger partial charge in [0.05, 0.1) is 6.54 Å². The van der Waals surface area contributed by atoms with Gasteiger partial charge >= 0.3 is 5.97 Å². The Morgan fingerprint density at radius 2 is 1.60 bits per heavy atom. The summed E-state index contributed by atoms with van der Waals surface area (Å²) < 4.78 is 11.7. The maximum Gasteiger partial charge on any atom is 0.320 e. The second-order valence-corrected chi connectivity index (χ2v) is 12.5. The summed E-state index contributed by atoms with van der Waals surface area (Å²) in [4.78, 5) is 16.8. The number of rotatable bonds is 8. The maximum atomic E-state index is 12.2. The van der Waals surface area contributed by atoms with Gasteiger partial charge in [0, 0.05) is 38.1 Å². The van der Waals surface area contributed by atoms with E-state index in [-0.39, 0.29) is 17.9 Å². The van der Waals surface area contributed by atoms with E-state index in [1.54, 1.807) is 0 Å². The van der Waals surface area contributed by atoms with Crippen LogP contribution in [0.3, 0.4) is 0 Å². The zero-order valence-corrected chi connectivity index (χ0v) is 26.9. The average Bonchev–Trinajstić information content (AvgIpc) is 3.00. The van der Waals surface area contributed by atoms with Crippen molar-refractivity contribution in [1.82, 2.24) is 9.80 Å². The summed E-state index contributed by atoms with van der Waals surface area (Å²) in [5.41, 5.74) is 4.72. The lowest BCUT2D eigenvalue weighted by molar-refractivity contribution is -0.156. The van der Waals surface area contributed by atoms with Crippen molar-refractivity contribution < 1.29 is 19.4 Å². The van der Waals surface area contributed by atoms with Gasteiger partial charge in [-0.3, -0.25) is 14.6 Å². The number of phenolic OH excluding ortho intramolecular Hbond substituents is 1. The molecular formula is C37H50N2O4. The predicted molar refractivity (Wildman–Crippen MR) is 174 cm³/mol. The SMILES string of the molecule is CC.CC(COc1ccc(C2c3ccc(O)cc3CCC2c2ccccc2)cc1)N1CCN(CC(=O)OC(C)(C)C)CC1. The highest BCUT2D eigenvalue weighted by Gasteiger charge is 2.32. The molecule has 0 saturated carbocycles. The van der Waals surface area contributed by atoms with Gasteiger partial charge in [-0.1, -0.05) is 62.4 Å². The molecule has 1 N–H and O–H groups in total. The number of ether oxygens (including phenoxy) is 2. The van der Waals surface area contributed by atoms with E-state index < -0.39 is 5.60 Å². The molecule has 1 aliphatic carbocycles. The zero-order valence-electron chi connectivity index (χ0n) is 26.9. The van der Waals surface area contributed by atoms with E-state index >= 15 is 0 Å². The first-order chi connectivity index (χ1) is 20.7. The fourth-order valence-electron chi connectivity index (χ4n) is 6.29. The van der Waals surface area contributed by atoms with Crippen LogP contribution in [0.1, 0.15) is 82.1 Å². The van der Waals surface area contributed by atoms with E-state index in [0.29, 0.717) is 24.8 Å². The molecule has 2 aliphatic rings. The van der Waals surface area contributed by atoms with E-state index in [1.165, 1.54) is 22.3 Å². The molecule has 0 bridgehead atoms. The number of benzene rings is 3. The number of carbonyl (C=O) groups excluding carboxylic acids is 1. The standard InChI is InChI=1S/C35H44N2O4.C2H6/c1-25(37-20-18-36(19-21-37)23-33(39)41-35(2,3)4)24-40-30-14-10-27(11-15-30)34-31(26-8-6-5-7-9-26)16-12-28-22-29(38)13-17-32(28)34;1-2/h5-11,13-15,17,22,25,31,34,38H,12,16,18-21,23-24H2,1-4H3;1-2H3. The number of carbonyl (C=O) groups is 1. The summed E-state index contributed by atoms with van der Waals surface area (Å²) >= 11 is 0. The minimum atomic E-state index is -0.447. The number of phenols is 1. The number of aromatic hydroxyl groups is 1. The molecule has 6 heteroatoms. The largest absolute Gasteiger partial charge is 0.508 e. The molecule has 232 valence electrons. The topological polar surface area (TPSA) is 62.2 Å². The van der Waals surface area contributed by atoms with Gasteiger partial charge in [0.25, 0.3) is 0 Å². The molecule has 3 aromatic rings. The number of hydrogen-bond acceptors (Lipinski definition) is 6. The summed E-state index contributed by atoms with van der Waals surface area (Å²) in [6.07, 6.45) is 2.01. The molecule has 5 rings (SSSR count). The minimum Gasteiger partial charge on any atom is -0.508 e. The number of esters is 1. The Labute approximate surface area is 258 Å². The van der Waals surface area contributed by atoms with E-state index in [9.17, 15) is 9.90 Å². The van der Waals surface area contributed by atoms with Crippen LogP contribution < -0.4 is 4.74 Å². The predicted octanol–water partition coefficient (Wildman–Crippen LogP) is 7.01. The molecule has 1 aliphatic heterocycles. The molecular weight excluding hydrogens is 536 g/mol. The highest BCUT2D eigenvalue weighted by atomic mass is 16.6. The van der Waals surface area contributed by atoms with Crippen LogP contribution in [0.2, 0.25) is 0 Å². The van der Waals surface area contributed by atoms with Crippen LogP contribution in [-0.4, -0.2) is 71.8 Å². The lowest BCUT2D eigenvalue weighted by Crippen LogP contribution is -2.52. The van der Waals surface area contributed by atoms with Crippen molar-refractivity contribution in [3.8, 4) is 11.5 Å². The van der Waals surface area contributed by atoms with Gasteiger partial charge in [-0.2, -0.15) is 0 Å². The molecule has 3 aromatic carbocycles. The van der Waals surface area contributed by atoms with Crippen molar-refractivity contribution in [2.75, 3.05) is 39.3 Å². The fraction of sp³-hybridized carbons (Fsp3) is 0.486. The van der Waals surface area contributed by atoms with Crippen LogP contribution in [0.5, 0.6) is 11.5 Å². The monoisotopic (exact) mass is 586 g/mol. The van der Waals surface area contributed by atoms with Crippen molar-refractivity contribution in [1.29, 1.82) is 0 Å². The first-order valence-electron chi connectivity index (χ1n) is 15.9. The second kappa shape index (κ2) is 14.9. The van der Waals surface area contributed by atoms with Crippen molar-refractivity contribution in [3.05, 3.63) is 95.1 Å². The van der Waals surface area contributed by atoms with Crippen LogP contribution in [0.25, 0.3) is 0 Å². The molecule has 43 heavy (non-hydrogen) atoms.